The van der Waals surface area contributed by atoms with E-state index in [2.05, 4.69) is 14.9 Å². The summed E-state index contributed by atoms with van der Waals surface area (Å²) in [5, 5.41) is 8.66. The summed E-state index contributed by atoms with van der Waals surface area (Å²) in [5.41, 5.74) is 1.58. The van der Waals surface area contributed by atoms with Crippen molar-refractivity contribution in [2.24, 2.45) is 0 Å². The highest BCUT2D eigenvalue weighted by Gasteiger charge is 2.27. The van der Waals surface area contributed by atoms with Crippen LogP contribution in [0.5, 0.6) is 5.75 Å². The van der Waals surface area contributed by atoms with Gasteiger partial charge in [0.25, 0.3) is 10.0 Å². The number of ether oxygens (including phenoxy) is 1. The van der Waals surface area contributed by atoms with E-state index in [1.165, 1.54) is 6.07 Å². The molecule has 4 rings (SSSR count). The van der Waals surface area contributed by atoms with E-state index in [0.717, 1.165) is 11.4 Å². The number of hydrogen-bond acceptors (Lipinski definition) is 5. The fourth-order valence-electron chi connectivity index (χ4n) is 3.04. The molecule has 1 aromatic carbocycles. The predicted molar refractivity (Wildman–Crippen MR) is 98.5 cm³/mol. The maximum atomic E-state index is 13.0. The number of hydrogen-bond donors (Lipinski definition) is 1. The first-order valence-electron chi connectivity index (χ1n) is 8.18. The number of fused-ring (bicyclic) bond motifs is 2. The van der Waals surface area contributed by atoms with Gasteiger partial charge in [0.2, 0.25) is 0 Å². The molecule has 1 N–H and O–H groups in total. The first-order valence-corrected chi connectivity index (χ1v) is 10.0. The van der Waals surface area contributed by atoms with Crippen LogP contribution in [0.1, 0.15) is 31.2 Å². The third-order valence-electron chi connectivity index (χ3n) is 4.23. The topological polar surface area (TPSA) is 85.6 Å². The lowest BCUT2D eigenvalue weighted by Gasteiger charge is -2.12. The van der Waals surface area contributed by atoms with Gasteiger partial charge in [-0.05, 0) is 24.3 Å². The Morgan fingerprint density at radius 1 is 1.31 bits per heavy atom. The van der Waals surface area contributed by atoms with Crippen molar-refractivity contribution in [2.75, 3.05) is 11.3 Å². The molecular formula is C17H17ClN4O3S. The van der Waals surface area contributed by atoms with Gasteiger partial charge in [0.1, 0.15) is 16.5 Å². The Morgan fingerprint density at radius 3 is 2.88 bits per heavy atom. The van der Waals surface area contributed by atoms with Crippen LogP contribution in [0, 0.1) is 0 Å². The molecule has 0 bridgehead atoms. The monoisotopic (exact) mass is 392 g/mol. The molecule has 0 amide bonds. The molecule has 0 saturated carbocycles. The van der Waals surface area contributed by atoms with E-state index in [1.54, 1.807) is 22.6 Å². The van der Waals surface area contributed by atoms with Crippen LogP contribution in [0.3, 0.4) is 0 Å². The van der Waals surface area contributed by atoms with Gasteiger partial charge in [0.05, 0.1) is 12.3 Å². The number of pyridine rings is 1. The molecule has 26 heavy (non-hydrogen) atoms. The van der Waals surface area contributed by atoms with Gasteiger partial charge in [-0.1, -0.05) is 25.4 Å². The number of sulfonamides is 1. The smallest absolute Gasteiger partial charge is 0.265 e. The van der Waals surface area contributed by atoms with Crippen LogP contribution in [-0.4, -0.2) is 29.6 Å². The van der Waals surface area contributed by atoms with Gasteiger partial charge in [0.15, 0.2) is 5.65 Å². The summed E-state index contributed by atoms with van der Waals surface area (Å²) in [6, 6.07) is 6.53. The second-order valence-corrected chi connectivity index (χ2v) is 8.51. The summed E-state index contributed by atoms with van der Waals surface area (Å²) in [5.74, 6) is 1.27. The van der Waals surface area contributed by atoms with Crippen LogP contribution in [0.25, 0.3) is 5.65 Å². The lowest BCUT2D eigenvalue weighted by atomic mass is 10.2. The van der Waals surface area contributed by atoms with Crippen molar-refractivity contribution in [3.8, 4) is 5.75 Å². The molecule has 3 aromatic rings. The highest BCUT2D eigenvalue weighted by Crippen LogP contribution is 2.36. The number of benzene rings is 1. The van der Waals surface area contributed by atoms with Crippen molar-refractivity contribution in [1.82, 2.24) is 14.6 Å². The van der Waals surface area contributed by atoms with E-state index < -0.39 is 10.0 Å². The van der Waals surface area contributed by atoms with Crippen molar-refractivity contribution >= 4 is 33.0 Å². The average molecular weight is 393 g/mol. The number of nitrogens with one attached hydrogen (secondary N) is 1. The Kier molecular flexibility index (Phi) is 4.04. The molecule has 0 radical (unpaired) electrons. The van der Waals surface area contributed by atoms with Crippen molar-refractivity contribution < 1.29 is 13.2 Å². The van der Waals surface area contributed by atoms with Crippen molar-refractivity contribution in [2.45, 2.75) is 31.1 Å². The second kappa shape index (κ2) is 6.14. The second-order valence-electron chi connectivity index (χ2n) is 6.42. The summed E-state index contributed by atoms with van der Waals surface area (Å²) in [7, 11) is -3.90. The van der Waals surface area contributed by atoms with Gasteiger partial charge in [-0.3, -0.25) is 9.12 Å². The van der Waals surface area contributed by atoms with Gasteiger partial charge in [-0.25, -0.2) is 8.42 Å². The normalized spacial score (nSPS) is 13.8. The molecule has 0 atom stereocenters. The maximum Gasteiger partial charge on any atom is 0.265 e. The van der Waals surface area contributed by atoms with Crippen molar-refractivity contribution in [3.05, 3.63) is 46.9 Å². The molecule has 7 nitrogen and oxygen atoms in total. The van der Waals surface area contributed by atoms with Gasteiger partial charge in [0, 0.05) is 29.1 Å². The summed E-state index contributed by atoms with van der Waals surface area (Å²) in [6.07, 6.45) is 2.44. The molecule has 1 aliphatic heterocycles. The van der Waals surface area contributed by atoms with Gasteiger partial charge in [-0.15, -0.1) is 10.2 Å². The summed E-state index contributed by atoms with van der Waals surface area (Å²) >= 11 is 6.10. The van der Waals surface area contributed by atoms with E-state index in [4.69, 9.17) is 16.3 Å². The Labute approximate surface area is 156 Å². The predicted octanol–water partition coefficient (Wildman–Crippen LogP) is 3.24. The van der Waals surface area contributed by atoms with Gasteiger partial charge >= 0.3 is 0 Å². The Balaban J connectivity index is 1.80. The molecule has 0 unspecified atom stereocenters. The van der Waals surface area contributed by atoms with Crippen LogP contribution in [-0.2, 0) is 16.4 Å². The highest BCUT2D eigenvalue weighted by atomic mass is 35.5. The van der Waals surface area contributed by atoms with Crippen LogP contribution < -0.4 is 9.46 Å². The molecule has 0 fully saturated rings. The van der Waals surface area contributed by atoms with E-state index in [0.29, 0.717) is 35.1 Å². The third-order valence-corrected chi connectivity index (χ3v) is 5.81. The third kappa shape index (κ3) is 2.79. The average Bonchev–Trinajstić information content (AvgIpc) is 3.20. The summed E-state index contributed by atoms with van der Waals surface area (Å²) in [6.45, 7) is 4.44. The standard InChI is InChI=1S/C17H17ClN4O3S/c1-10(2)16-19-20-17-13(4-3-6-22(16)17)21-26(23,24)14-9-12(18)8-11-5-7-25-15(11)14/h3-4,6,8-10,21H,5,7H2,1-2H3. The van der Waals surface area contributed by atoms with E-state index in [9.17, 15) is 8.42 Å². The molecule has 2 aromatic heterocycles. The highest BCUT2D eigenvalue weighted by molar-refractivity contribution is 7.92. The molecule has 0 aliphatic carbocycles. The van der Waals surface area contributed by atoms with E-state index in [-0.39, 0.29) is 10.8 Å². The first kappa shape index (κ1) is 17.1. The lowest BCUT2D eigenvalue weighted by Crippen LogP contribution is -2.15. The van der Waals surface area contributed by atoms with Crippen LogP contribution in [0.2, 0.25) is 5.02 Å². The lowest BCUT2D eigenvalue weighted by molar-refractivity contribution is 0.348. The number of aromatic nitrogens is 3. The molecule has 0 saturated heterocycles. The molecule has 136 valence electrons. The van der Waals surface area contributed by atoms with Crippen molar-refractivity contribution in [3.63, 3.8) is 0 Å². The first-order chi connectivity index (χ1) is 12.4. The number of anilines is 1. The largest absolute Gasteiger partial charge is 0.492 e. The fraction of sp³-hybridized carbons (Fsp3) is 0.294. The van der Waals surface area contributed by atoms with Crippen LogP contribution in [0.15, 0.2) is 35.4 Å². The minimum atomic E-state index is -3.90. The number of nitrogens with zero attached hydrogens (tertiary/aromatic N) is 3. The fourth-order valence-corrected chi connectivity index (χ4v) is 4.62. The molecule has 3 heterocycles. The van der Waals surface area contributed by atoms with Crippen LogP contribution in [0.4, 0.5) is 5.69 Å². The molecular weight excluding hydrogens is 376 g/mol. The molecule has 9 heteroatoms. The van der Waals surface area contributed by atoms with Gasteiger partial charge < -0.3 is 4.74 Å². The summed E-state index contributed by atoms with van der Waals surface area (Å²) in [4.78, 5) is 0.0306. The van der Waals surface area contributed by atoms with Crippen LogP contribution >= 0.6 is 11.6 Å². The molecule has 1 aliphatic rings. The van der Waals surface area contributed by atoms with E-state index in [1.807, 2.05) is 20.0 Å². The zero-order valence-electron chi connectivity index (χ0n) is 14.2. The van der Waals surface area contributed by atoms with Crippen molar-refractivity contribution in [1.29, 1.82) is 0 Å². The minimum absolute atomic E-state index is 0.0306. The SMILES string of the molecule is CC(C)c1nnc2c(NS(=O)(=O)c3cc(Cl)cc4c3OCC4)cccn12. The zero-order chi connectivity index (χ0) is 18.5. The minimum Gasteiger partial charge on any atom is -0.492 e. The maximum absolute atomic E-state index is 13.0. The molecule has 0 spiro atoms. The van der Waals surface area contributed by atoms with E-state index >= 15 is 0 Å². The zero-order valence-corrected chi connectivity index (χ0v) is 15.8. The Bertz CT molecular complexity index is 1110. The Morgan fingerprint density at radius 2 is 2.12 bits per heavy atom. The number of halogens is 1. The number of rotatable bonds is 4. The quantitative estimate of drug-likeness (QED) is 0.736. The summed E-state index contributed by atoms with van der Waals surface area (Å²) < 4.78 is 35.9. The van der Waals surface area contributed by atoms with Gasteiger partial charge in [-0.2, -0.15) is 0 Å². The Hall–Kier alpha value is -2.32.